The topological polar surface area (TPSA) is 38.7 Å². The van der Waals surface area contributed by atoms with Gasteiger partial charge < -0.3 is 14.6 Å². The molecule has 0 aromatic heterocycles. The second kappa shape index (κ2) is 6.08. The van der Waals surface area contributed by atoms with E-state index in [9.17, 15) is 5.11 Å². The number of rotatable bonds is 3. The van der Waals surface area contributed by atoms with Crippen molar-refractivity contribution in [3.63, 3.8) is 0 Å². The highest BCUT2D eigenvalue weighted by Crippen LogP contribution is 2.42. The molecular formula is C17H17BrO3. The van der Waals surface area contributed by atoms with Crippen LogP contribution in [0, 0.1) is 0 Å². The van der Waals surface area contributed by atoms with Crippen LogP contribution in [0.3, 0.4) is 0 Å². The number of ether oxygens (including phenoxy) is 2. The zero-order valence-corrected chi connectivity index (χ0v) is 13.3. The summed E-state index contributed by atoms with van der Waals surface area (Å²) in [6, 6.07) is 13.6. The van der Waals surface area contributed by atoms with Gasteiger partial charge in [-0.25, -0.2) is 0 Å². The summed E-state index contributed by atoms with van der Waals surface area (Å²) in [6.07, 6.45) is -0.130. The Morgan fingerprint density at radius 1 is 1.29 bits per heavy atom. The zero-order valence-electron chi connectivity index (χ0n) is 11.8. The molecule has 0 spiro atoms. The third-order valence-corrected chi connectivity index (χ3v) is 4.08. The average Bonchev–Trinajstić information content (AvgIpc) is 2.47. The molecule has 2 atom stereocenters. The Morgan fingerprint density at radius 3 is 2.95 bits per heavy atom. The molecular weight excluding hydrogens is 332 g/mol. The number of benzene rings is 2. The van der Waals surface area contributed by atoms with Gasteiger partial charge in [0.2, 0.25) is 0 Å². The van der Waals surface area contributed by atoms with Gasteiger partial charge in [0.1, 0.15) is 17.6 Å². The first-order chi connectivity index (χ1) is 10.2. The lowest BCUT2D eigenvalue weighted by atomic mass is 9.95. The van der Waals surface area contributed by atoms with Crippen molar-refractivity contribution in [2.24, 2.45) is 0 Å². The molecule has 4 heteroatoms. The lowest BCUT2D eigenvalue weighted by molar-refractivity contribution is 0.0655. The molecule has 2 aromatic rings. The van der Waals surface area contributed by atoms with Crippen molar-refractivity contribution in [1.82, 2.24) is 0 Å². The number of aliphatic hydroxyl groups excluding tert-OH is 1. The monoisotopic (exact) mass is 348 g/mol. The number of hydrogen-bond donors (Lipinski definition) is 1. The summed E-state index contributed by atoms with van der Waals surface area (Å²) >= 11 is 3.44. The van der Waals surface area contributed by atoms with Crippen LogP contribution in [-0.4, -0.2) is 11.7 Å². The van der Waals surface area contributed by atoms with Crippen LogP contribution in [0.1, 0.15) is 36.7 Å². The Morgan fingerprint density at radius 2 is 2.14 bits per heavy atom. The van der Waals surface area contributed by atoms with Crippen LogP contribution in [0.4, 0.5) is 0 Å². The molecule has 3 nitrogen and oxygen atoms in total. The Balaban J connectivity index is 1.89. The summed E-state index contributed by atoms with van der Waals surface area (Å²) in [5.41, 5.74) is 1.86. The average molecular weight is 349 g/mol. The maximum absolute atomic E-state index is 10.3. The first-order valence-electron chi connectivity index (χ1n) is 7.04. The van der Waals surface area contributed by atoms with Crippen LogP contribution in [0.5, 0.6) is 11.5 Å². The second-order valence-corrected chi connectivity index (χ2v) is 5.96. The van der Waals surface area contributed by atoms with Crippen molar-refractivity contribution in [2.45, 2.75) is 25.6 Å². The highest BCUT2D eigenvalue weighted by molar-refractivity contribution is 9.10. The molecule has 0 saturated carbocycles. The van der Waals surface area contributed by atoms with Gasteiger partial charge in [0.15, 0.2) is 0 Å². The quantitative estimate of drug-likeness (QED) is 0.892. The van der Waals surface area contributed by atoms with Crippen molar-refractivity contribution in [3.8, 4) is 11.5 Å². The summed E-state index contributed by atoms with van der Waals surface area (Å²) in [5, 5.41) is 10.3. The SMILES string of the molecule is CCOc1cccc(C2CC(O)c3ccc(Br)cc3O2)c1. The minimum absolute atomic E-state index is 0.165. The van der Waals surface area contributed by atoms with E-state index in [1.165, 1.54) is 0 Å². The fraction of sp³-hybridized carbons (Fsp3) is 0.294. The number of aliphatic hydroxyl groups is 1. The summed E-state index contributed by atoms with van der Waals surface area (Å²) in [5.74, 6) is 1.56. The van der Waals surface area contributed by atoms with Crippen LogP contribution in [0.15, 0.2) is 46.9 Å². The molecule has 110 valence electrons. The molecule has 21 heavy (non-hydrogen) atoms. The molecule has 1 N–H and O–H groups in total. The van der Waals surface area contributed by atoms with Gasteiger partial charge in [-0.1, -0.05) is 34.1 Å². The molecule has 0 amide bonds. The van der Waals surface area contributed by atoms with Crippen LogP contribution >= 0.6 is 15.9 Å². The summed E-state index contributed by atoms with van der Waals surface area (Å²) in [6.45, 7) is 2.59. The van der Waals surface area contributed by atoms with E-state index < -0.39 is 6.10 Å². The van der Waals surface area contributed by atoms with Crippen LogP contribution < -0.4 is 9.47 Å². The Hall–Kier alpha value is -1.52. The minimum Gasteiger partial charge on any atom is -0.494 e. The van der Waals surface area contributed by atoms with E-state index >= 15 is 0 Å². The Bertz CT molecular complexity index is 642. The van der Waals surface area contributed by atoms with Gasteiger partial charge in [-0.05, 0) is 36.8 Å². The number of hydrogen-bond acceptors (Lipinski definition) is 3. The normalized spacial score (nSPS) is 20.5. The molecule has 1 aliphatic rings. The van der Waals surface area contributed by atoms with E-state index in [1.54, 1.807) is 0 Å². The van der Waals surface area contributed by atoms with Crippen molar-refractivity contribution in [3.05, 3.63) is 58.1 Å². The minimum atomic E-state index is -0.511. The summed E-state index contributed by atoms with van der Waals surface area (Å²) in [7, 11) is 0. The maximum atomic E-state index is 10.3. The van der Waals surface area contributed by atoms with E-state index in [0.29, 0.717) is 13.0 Å². The first-order valence-corrected chi connectivity index (χ1v) is 7.83. The second-order valence-electron chi connectivity index (χ2n) is 5.05. The molecule has 0 radical (unpaired) electrons. The third kappa shape index (κ3) is 3.06. The molecule has 2 unspecified atom stereocenters. The smallest absolute Gasteiger partial charge is 0.127 e. The molecule has 2 aromatic carbocycles. The number of halogens is 1. The molecule has 0 bridgehead atoms. The van der Waals surface area contributed by atoms with Gasteiger partial charge in [-0.15, -0.1) is 0 Å². The maximum Gasteiger partial charge on any atom is 0.127 e. The van der Waals surface area contributed by atoms with Crippen LogP contribution in [-0.2, 0) is 0 Å². The fourth-order valence-electron chi connectivity index (χ4n) is 2.59. The van der Waals surface area contributed by atoms with Crippen molar-refractivity contribution < 1.29 is 14.6 Å². The summed E-state index contributed by atoms with van der Waals surface area (Å²) < 4.78 is 12.5. The van der Waals surface area contributed by atoms with E-state index in [1.807, 2.05) is 49.4 Å². The van der Waals surface area contributed by atoms with E-state index in [-0.39, 0.29) is 6.10 Å². The number of fused-ring (bicyclic) bond motifs is 1. The van der Waals surface area contributed by atoms with Gasteiger partial charge in [0.25, 0.3) is 0 Å². The van der Waals surface area contributed by atoms with E-state index in [0.717, 1.165) is 27.1 Å². The largest absolute Gasteiger partial charge is 0.494 e. The molecule has 1 aliphatic heterocycles. The highest BCUT2D eigenvalue weighted by atomic mass is 79.9. The molecule has 0 aliphatic carbocycles. The first kappa shape index (κ1) is 14.4. The predicted molar refractivity (Wildman–Crippen MR) is 84.7 cm³/mol. The Labute approximate surface area is 132 Å². The van der Waals surface area contributed by atoms with Crippen molar-refractivity contribution in [1.29, 1.82) is 0 Å². The standard InChI is InChI=1S/C17H17BrO3/c1-2-20-13-5-3-4-11(8-13)16-10-15(19)14-7-6-12(18)9-17(14)21-16/h3-9,15-16,19H,2,10H2,1H3. The lowest BCUT2D eigenvalue weighted by Gasteiger charge is -2.30. The van der Waals surface area contributed by atoms with Gasteiger partial charge in [0.05, 0.1) is 12.7 Å². The van der Waals surface area contributed by atoms with Gasteiger partial charge >= 0.3 is 0 Å². The van der Waals surface area contributed by atoms with Crippen molar-refractivity contribution in [2.75, 3.05) is 6.61 Å². The molecule has 3 rings (SSSR count). The molecule has 0 fully saturated rings. The third-order valence-electron chi connectivity index (χ3n) is 3.58. The van der Waals surface area contributed by atoms with Crippen LogP contribution in [0.2, 0.25) is 0 Å². The van der Waals surface area contributed by atoms with Gasteiger partial charge in [-0.3, -0.25) is 0 Å². The van der Waals surface area contributed by atoms with Gasteiger partial charge in [-0.2, -0.15) is 0 Å². The molecule has 0 saturated heterocycles. The highest BCUT2D eigenvalue weighted by Gasteiger charge is 2.28. The summed E-state index contributed by atoms with van der Waals surface area (Å²) in [4.78, 5) is 0. The van der Waals surface area contributed by atoms with Crippen molar-refractivity contribution >= 4 is 15.9 Å². The van der Waals surface area contributed by atoms with Crippen LogP contribution in [0.25, 0.3) is 0 Å². The zero-order chi connectivity index (χ0) is 14.8. The molecule has 1 heterocycles. The van der Waals surface area contributed by atoms with E-state index in [2.05, 4.69) is 15.9 Å². The Kier molecular flexibility index (Phi) is 4.17. The lowest BCUT2D eigenvalue weighted by Crippen LogP contribution is -2.19. The predicted octanol–water partition coefficient (Wildman–Crippen LogP) is 4.41. The fourth-order valence-corrected chi connectivity index (χ4v) is 2.93. The van der Waals surface area contributed by atoms with Gasteiger partial charge in [0, 0.05) is 16.5 Å². The van der Waals surface area contributed by atoms with E-state index in [4.69, 9.17) is 9.47 Å².